The van der Waals surface area contributed by atoms with Crippen molar-refractivity contribution >= 4 is 21.6 Å². The maximum Gasteiger partial charge on any atom is 0.100 e. The summed E-state index contributed by atoms with van der Waals surface area (Å²) in [5.41, 5.74) is 1.89. The van der Waals surface area contributed by atoms with Gasteiger partial charge in [-0.2, -0.15) is 5.26 Å². The first-order valence-electron chi connectivity index (χ1n) is 6.90. The molecule has 0 aliphatic carbocycles. The molecule has 4 heteroatoms. The summed E-state index contributed by atoms with van der Waals surface area (Å²) < 4.78 is 0.882. The lowest BCUT2D eigenvalue weighted by atomic mass is 9.99. The molecule has 1 fully saturated rings. The van der Waals surface area contributed by atoms with Gasteiger partial charge in [0.15, 0.2) is 0 Å². The summed E-state index contributed by atoms with van der Waals surface area (Å²) in [6.45, 7) is 6.54. The maximum absolute atomic E-state index is 8.96. The zero-order chi connectivity index (χ0) is 13.7. The van der Waals surface area contributed by atoms with Gasteiger partial charge in [0.2, 0.25) is 0 Å². The van der Waals surface area contributed by atoms with Crippen LogP contribution in [0.15, 0.2) is 22.7 Å². The Morgan fingerprint density at radius 3 is 2.95 bits per heavy atom. The summed E-state index contributed by atoms with van der Waals surface area (Å²) in [5, 5.41) is 12.4. The van der Waals surface area contributed by atoms with Crippen LogP contribution in [0.4, 0.5) is 5.69 Å². The molecule has 1 aliphatic heterocycles. The molecule has 1 aromatic rings. The van der Waals surface area contributed by atoms with Crippen molar-refractivity contribution in [3.63, 3.8) is 0 Å². The second kappa shape index (κ2) is 6.93. The van der Waals surface area contributed by atoms with Crippen molar-refractivity contribution < 1.29 is 0 Å². The smallest absolute Gasteiger partial charge is 0.100 e. The predicted octanol–water partition coefficient (Wildman–Crippen LogP) is 3.15. The van der Waals surface area contributed by atoms with Gasteiger partial charge in [-0.15, -0.1) is 0 Å². The van der Waals surface area contributed by atoms with Gasteiger partial charge in [-0.05, 0) is 72.9 Å². The van der Waals surface area contributed by atoms with E-state index in [-0.39, 0.29) is 0 Å². The van der Waals surface area contributed by atoms with Gasteiger partial charge in [-0.1, -0.05) is 0 Å². The Labute approximate surface area is 123 Å². The molecule has 1 aliphatic rings. The van der Waals surface area contributed by atoms with E-state index in [1.54, 1.807) is 0 Å². The highest BCUT2D eigenvalue weighted by Crippen LogP contribution is 2.25. The first-order chi connectivity index (χ1) is 9.24. The summed E-state index contributed by atoms with van der Waals surface area (Å²) >= 11 is 3.47. The minimum atomic E-state index is 0.694. The van der Waals surface area contributed by atoms with Crippen LogP contribution in [0, 0.1) is 17.2 Å². The highest BCUT2D eigenvalue weighted by molar-refractivity contribution is 9.10. The third-order valence-electron chi connectivity index (χ3n) is 3.70. The van der Waals surface area contributed by atoms with Crippen LogP contribution in [-0.4, -0.2) is 26.2 Å². The summed E-state index contributed by atoms with van der Waals surface area (Å²) in [6.07, 6.45) is 2.58. The molecule has 1 saturated heterocycles. The third kappa shape index (κ3) is 3.71. The number of benzene rings is 1. The molecule has 1 aromatic carbocycles. The van der Waals surface area contributed by atoms with E-state index in [0.29, 0.717) is 5.56 Å². The van der Waals surface area contributed by atoms with Crippen LogP contribution in [0.25, 0.3) is 0 Å². The van der Waals surface area contributed by atoms with E-state index < -0.39 is 0 Å². The number of piperidine rings is 1. The summed E-state index contributed by atoms with van der Waals surface area (Å²) in [5.74, 6) is 0.725. The minimum absolute atomic E-state index is 0.694. The molecular weight excluding hydrogens is 302 g/mol. The maximum atomic E-state index is 8.96. The van der Waals surface area contributed by atoms with Gasteiger partial charge >= 0.3 is 0 Å². The highest BCUT2D eigenvalue weighted by Gasteiger charge is 2.17. The molecule has 1 heterocycles. The second-order valence-electron chi connectivity index (χ2n) is 5.03. The number of anilines is 1. The Balaban J connectivity index is 2.08. The zero-order valence-electron chi connectivity index (χ0n) is 11.3. The molecule has 0 amide bonds. The summed E-state index contributed by atoms with van der Waals surface area (Å²) in [7, 11) is 0. The fraction of sp³-hybridized carbons (Fsp3) is 0.533. The quantitative estimate of drug-likeness (QED) is 0.925. The number of hydrogen-bond acceptors (Lipinski definition) is 3. The predicted molar refractivity (Wildman–Crippen MR) is 82.3 cm³/mol. The Hall–Kier alpha value is -1.05. The van der Waals surface area contributed by atoms with Crippen LogP contribution >= 0.6 is 15.9 Å². The van der Waals surface area contributed by atoms with E-state index in [2.05, 4.69) is 45.2 Å². The highest BCUT2D eigenvalue weighted by atomic mass is 79.9. The van der Waals surface area contributed by atoms with Crippen molar-refractivity contribution in [2.24, 2.45) is 5.92 Å². The van der Waals surface area contributed by atoms with Crippen molar-refractivity contribution in [3.8, 4) is 6.07 Å². The molecule has 1 unspecified atom stereocenters. The minimum Gasteiger partial charge on any atom is -0.371 e. The van der Waals surface area contributed by atoms with E-state index >= 15 is 0 Å². The lowest BCUT2D eigenvalue weighted by Crippen LogP contribution is -2.38. The molecule has 3 nitrogen and oxygen atoms in total. The first kappa shape index (κ1) is 14.4. The van der Waals surface area contributed by atoms with Crippen LogP contribution in [0.2, 0.25) is 0 Å². The number of halogens is 1. The van der Waals surface area contributed by atoms with Crippen molar-refractivity contribution in [3.05, 3.63) is 28.2 Å². The third-order valence-corrected chi connectivity index (χ3v) is 4.35. The van der Waals surface area contributed by atoms with Gasteiger partial charge in [-0.25, -0.2) is 0 Å². The van der Waals surface area contributed by atoms with E-state index in [4.69, 9.17) is 5.26 Å². The SMILES string of the molecule is CCN(CC1CCCNC1)c1ccc(C#N)c(Br)c1. The summed E-state index contributed by atoms with van der Waals surface area (Å²) in [6, 6.07) is 8.17. The van der Waals surface area contributed by atoms with Gasteiger partial charge in [-0.3, -0.25) is 0 Å². The lowest BCUT2D eigenvalue weighted by molar-refractivity contribution is 0.378. The molecule has 0 aromatic heterocycles. The Morgan fingerprint density at radius 2 is 2.37 bits per heavy atom. The summed E-state index contributed by atoms with van der Waals surface area (Å²) in [4.78, 5) is 2.39. The molecule has 0 bridgehead atoms. The number of nitriles is 1. The largest absolute Gasteiger partial charge is 0.371 e. The van der Waals surface area contributed by atoms with E-state index in [1.807, 2.05) is 12.1 Å². The number of hydrogen-bond donors (Lipinski definition) is 1. The number of rotatable bonds is 4. The average molecular weight is 322 g/mol. The van der Waals surface area contributed by atoms with Crippen LogP contribution in [0.5, 0.6) is 0 Å². The van der Waals surface area contributed by atoms with Crippen molar-refractivity contribution in [2.75, 3.05) is 31.1 Å². The fourth-order valence-corrected chi connectivity index (χ4v) is 3.06. The van der Waals surface area contributed by atoms with E-state index in [9.17, 15) is 0 Å². The molecule has 1 atom stereocenters. The molecular formula is C15H20BrN3. The van der Waals surface area contributed by atoms with Gasteiger partial charge in [0.1, 0.15) is 6.07 Å². The van der Waals surface area contributed by atoms with Crippen molar-refractivity contribution in [2.45, 2.75) is 19.8 Å². The normalized spacial score (nSPS) is 18.9. The van der Waals surface area contributed by atoms with Gasteiger partial charge in [0.05, 0.1) is 5.56 Å². The standard InChI is InChI=1S/C15H20BrN3/c1-2-19(11-12-4-3-7-18-10-12)14-6-5-13(9-17)15(16)8-14/h5-6,8,12,18H,2-4,7,10-11H2,1H3. The molecule has 0 radical (unpaired) electrons. The number of nitrogens with zero attached hydrogens (tertiary/aromatic N) is 2. The van der Waals surface area contributed by atoms with Crippen LogP contribution in [0.1, 0.15) is 25.3 Å². The van der Waals surface area contributed by atoms with E-state index in [1.165, 1.54) is 18.5 Å². The molecule has 1 N–H and O–H groups in total. The Kier molecular flexibility index (Phi) is 5.24. The fourth-order valence-electron chi connectivity index (χ4n) is 2.60. The van der Waals surface area contributed by atoms with Crippen LogP contribution < -0.4 is 10.2 Å². The van der Waals surface area contributed by atoms with Gasteiger partial charge < -0.3 is 10.2 Å². The lowest BCUT2D eigenvalue weighted by Gasteiger charge is -2.31. The molecule has 2 rings (SSSR count). The molecule has 0 saturated carbocycles. The van der Waals surface area contributed by atoms with Crippen LogP contribution in [0.3, 0.4) is 0 Å². The van der Waals surface area contributed by atoms with Gasteiger partial charge in [0.25, 0.3) is 0 Å². The molecule has 19 heavy (non-hydrogen) atoms. The first-order valence-corrected chi connectivity index (χ1v) is 7.69. The second-order valence-corrected chi connectivity index (χ2v) is 5.88. The Bertz CT molecular complexity index is 461. The molecule has 102 valence electrons. The number of nitrogens with one attached hydrogen (secondary N) is 1. The Morgan fingerprint density at radius 1 is 1.53 bits per heavy atom. The van der Waals surface area contributed by atoms with Crippen molar-refractivity contribution in [1.82, 2.24) is 5.32 Å². The zero-order valence-corrected chi connectivity index (χ0v) is 12.9. The van der Waals surface area contributed by atoms with Crippen LogP contribution in [-0.2, 0) is 0 Å². The topological polar surface area (TPSA) is 39.1 Å². The van der Waals surface area contributed by atoms with E-state index in [0.717, 1.165) is 36.6 Å². The van der Waals surface area contributed by atoms with Gasteiger partial charge in [0, 0.05) is 23.2 Å². The average Bonchev–Trinajstić information content (AvgIpc) is 2.46. The monoisotopic (exact) mass is 321 g/mol. The van der Waals surface area contributed by atoms with Crippen molar-refractivity contribution in [1.29, 1.82) is 5.26 Å². The molecule has 0 spiro atoms.